The Morgan fingerprint density at radius 3 is 2.37 bits per heavy atom. The van der Waals surface area contributed by atoms with E-state index < -0.39 is 0 Å². The Hall–Kier alpha value is -2.44. The summed E-state index contributed by atoms with van der Waals surface area (Å²) in [5.41, 5.74) is 6.29. The Balaban J connectivity index is 2.41. The fourth-order valence-corrected chi connectivity index (χ4v) is 1.52. The van der Waals surface area contributed by atoms with Gasteiger partial charge < -0.3 is 15.5 Å². The van der Waals surface area contributed by atoms with Crippen molar-refractivity contribution in [3.8, 4) is 0 Å². The third-order valence-corrected chi connectivity index (χ3v) is 2.52. The smallest absolute Gasteiger partial charge is 0.236 e. The highest BCUT2D eigenvalue weighted by Gasteiger charge is 2.12. The Bertz CT molecular complexity index is 586. The standard InChI is InChI=1S/C12H15FN6/c1-18(2)11-15-10(14)16-12(17-11)19(3)9-6-4-5-8(13)7-9/h4-7H,1-3H3,(H2,14,15,16,17). The molecule has 2 aromatic rings. The summed E-state index contributed by atoms with van der Waals surface area (Å²) >= 11 is 0. The maximum Gasteiger partial charge on any atom is 0.236 e. The SMILES string of the molecule is CN(C)c1nc(N)nc(N(C)c2cccc(F)c2)n1. The fraction of sp³-hybridized carbons (Fsp3) is 0.250. The Kier molecular flexibility index (Phi) is 3.46. The first-order valence-corrected chi connectivity index (χ1v) is 5.65. The van der Waals surface area contributed by atoms with Gasteiger partial charge in [0, 0.05) is 26.8 Å². The van der Waals surface area contributed by atoms with Crippen LogP contribution < -0.4 is 15.5 Å². The first-order valence-electron chi connectivity index (χ1n) is 5.65. The number of aromatic nitrogens is 3. The van der Waals surface area contributed by atoms with Crippen molar-refractivity contribution in [2.45, 2.75) is 0 Å². The summed E-state index contributed by atoms with van der Waals surface area (Å²) in [5.74, 6) is 0.615. The molecule has 0 atom stereocenters. The molecule has 6 nitrogen and oxygen atoms in total. The molecular weight excluding hydrogens is 247 g/mol. The fourth-order valence-electron chi connectivity index (χ4n) is 1.52. The van der Waals surface area contributed by atoms with Crippen LogP contribution in [0.25, 0.3) is 0 Å². The number of benzene rings is 1. The molecule has 1 aromatic carbocycles. The third-order valence-electron chi connectivity index (χ3n) is 2.52. The first-order chi connectivity index (χ1) is 8.97. The maximum atomic E-state index is 13.2. The molecule has 0 radical (unpaired) electrons. The second-order valence-electron chi connectivity index (χ2n) is 4.23. The number of nitrogens with zero attached hydrogens (tertiary/aromatic N) is 5. The first kappa shape index (κ1) is 13.0. The van der Waals surface area contributed by atoms with Crippen LogP contribution in [0.3, 0.4) is 0 Å². The van der Waals surface area contributed by atoms with Gasteiger partial charge in [-0.1, -0.05) is 6.07 Å². The van der Waals surface area contributed by atoms with Gasteiger partial charge in [-0.3, -0.25) is 0 Å². The van der Waals surface area contributed by atoms with Crippen molar-refractivity contribution in [3.05, 3.63) is 30.1 Å². The summed E-state index contributed by atoms with van der Waals surface area (Å²) in [6.07, 6.45) is 0. The van der Waals surface area contributed by atoms with Crippen LogP contribution in [0.4, 0.5) is 27.9 Å². The van der Waals surface area contributed by atoms with Gasteiger partial charge in [-0.25, -0.2) is 4.39 Å². The van der Waals surface area contributed by atoms with Crippen LogP contribution in [0.2, 0.25) is 0 Å². The van der Waals surface area contributed by atoms with E-state index in [-0.39, 0.29) is 11.8 Å². The molecule has 0 aliphatic rings. The van der Waals surface area contributed by atoms with E-state index in [1.807, 2.05) is 0 Å². The molecule has 0 aliphatic heterocycles. The molecule has 100 valence electrons. The molecule has 0 aliphatic carbocycles. The quantitative estimate of drug-likeness (QED) is 0.902. The number of nitrogens with two attached hydrogens (primary N) is 1. The van der Waals surface area contributed by atoms with Crippen molar-refractivity contribution in [3.63, 3.8) is 0 Å². The lowest BCUT2D eigenvalue weighted by atomic mass is 10.3. The molecule has 7 heteroatoms. The van der Waals surface area contributed by atoms with Crippen LogP contribution in [0.15, 0.2) is 24.3 Å². The van der Waals surface area contributed by atoms with Crippen molar-refractivity contribution in [2.75, 3.05) is 36.7 Å². The molecule has 2 rings (SSSR count). The number of halogens is 1. The average molecular weight is 262 g/mol. The van der Waals surface area contributed by atoms with Crippen LogP contribution >= 0.6 is 0 Å². The highest BCUT2D eigenvalue weighted by atomic mass is 19.1. The van der Waals surface area contributed by atoms with E-state index in [1.165, 1.54) is 12.1 Å². The number of hydrogen-bond acceptors (Lipinski definition) is 6. The number of rotatable bonds is 3. The molecule has 0 spiro atoms. The van der Waals surface area contributed by atoms with Crippen LogP contribution in [0, 0.1) is 5.82 Å². The average Bonchev–Trinajstić information content (AvgIpc) is 2.37. The van der Waals surface area contributed by atoms with Gasteiger partial charge in [-0.05, 0) is 18.2 Å². The van der Waals surface area contributed by atoms with Crippen LogP contribution in [-0.4, -0.2) is 36.1 Å². The highest BCUT2D eigenvalue weighted by molar-refractivity contribution is 5.58. The summed E-state index contributed by atoms with van der Waals surface area (Å²) in [4.78, 5) is 15.7. The number of hydrogen-bond donors (Lipinski definition) is 1. The van der Waals surface area contributed by atoms with Gasteiger partial charge in [0.2, 0.25) is 17.8 Å². The van der Waals surface area contributed by atoms with E-state index >= 15 is 0 Å². The van der Waals surface area contributed by atoms with Gasteiger partial charge in [0.1, 0.15) is 5.82 Å². The van der Waals surface area contributed by atoms with Crippen LogP contribution in [-0.2, 0) is 0 Å². The lowest BCUT2D eigenvalue weighted by molar-refractivity contribution is 0.628. The van der Waals surface area contributed by atoms with Gasteiger partial charge >= 0.3 is 0 Å². The summed E-state index contributed by atoms with van der Waals surface area (Å²) < 4.78 is 13.2. The van der Waals surface area contributed by atoms with Gasteiger partial charge in [-0.2, -0.15) is 15.0 Å². The maximum absolute atomic E-state index is 13.2. The van der Waals surface area contributed by atoms with Crippen molar-refractivity contribution in [1.29, 1.82) is 0 Å². The minimum atomic E-state index is -0.320. The molecular formula is C12H15FN6. The second-order valence-corrected chi connectivity index (χ2v) is 4.23. The highest BCUT2D eigenvalue weighted by Crippen LogP contribution is 2.22. The lowest BCUT2D eigenvalue weighted by Gasteiger charge is -2.19. The van der Waals surface area contributed by atoms with Crippen molar-refractivity contribution in [1.82, 2.24) is 15.0 Å². The zero-order chi connectivity index (χ0) is 14.0. The summed E-state index contributed by atoms with van der Waals surface area (Å²) in [6, 6.07) is 6.16. The Morgan fingerprint density at radius 2 is 1.74 bits per heavy atom. The molecule has 0 saturated carbocycles. The summed E-state index contributed by atoms with van der Waals surface area (Å²) in [6.45, 7) is 0. The Morgan fingerprint density at radius 1 is 1.05 bits per heavy atom. The molecule has 0 bridgehead atoms. The molecule has 0 amide bonds. The van der Waals surface area contributed by atoms with E-state index in [0.717, 1.165) is 0 Å². The topological polar surface area (TPSA) is 71.2 Å². The van der Waals surface area contributed by atoms with E-state index in [4.69, 9.17) is 5.73 Å². The van der Waals surface area contributed by atoms with Gasteiger partial charge in [0.25, 0.3) is 0 Å². The molecule has 0 saturated heterocycles. The monoisotopic (exact) mass is 262 g/mol. The normalized spacial score (nSPS) is 10.3. The zero-order valence-corrected chi connectivity index (χ0v) is 11.0. The summed E-state index contributed by atoms with van der Waals surface area (Å²) in [5, 5.41) is 0. The van der Waals surface area contributed by atoms with Crippen molar-refractivity contribution in [2.24, 2.45) is 0 Å². The second kappa shape index (κ2) is 5.05. The molecule has 1 aromatic heterocycles. The number of nitrogen functional groups attached to an aromatic ring is 1. The molecule has 1 heterocycles. The molecule has 19 heavy (non-hydrogen) atoms. The van der Waals surface area contributed by atoms with Gasteiger partial charge in [0.15, 0.2) is 0 Å². The van der Waals surface area contributed by atoms with Gasteiger partial charge in [-0.15, -0.1) is 0 Å². The molecule has 0 fully saturated rings. The van der Waals surface area contributed by atoms with E-state index in [9.17, 15) is 4.39 Å². The van der Waals surface area contributed by atoms with Gasteiger partial charge in [0.05, 0.1) is 0 Å². The minimum Gasteiger partial charge on any atom is -0.368 e. The Labute approximate surface area is 110 Å². The minimum absolute atomic E-state index is 0.122. The van der Waals surface area contributed by atoms with Crippen molar-refractivity contribution < 1.29 is 4.39 Å². The van der Waals surface area contributed by atoms with E-state index in [2.05, 4.69) is 15.0 Å². The number of anilines is 4. The van der Waals surface area contributed by atoms with E-state index in [0.29, 0.717) is 17.6 Å². The largest absolute Gasteiger partial charge is 0.368 e. The van der Waals surface area contributed by atoms with Crippen molar-refractivity contribution >= 4 is 23.5 Å². The lowest BCUT2D eigenvalue weighted by Crippen LogP contribution is -2.19. The molecule has 2 N–H and O–H groups in total. The van der Waals surface area contributed by atoms with E-state index in [1.54, 1.807) is 43.1 Å². The third kappa shape index (κ3) is 2.87. The predicted octanol–water partition coefficient (Wildman–Crippen LogP) is 1.43. The predicted molar refractivity (Wildman–Crippen MR) is 73.0 cm³/mol. The van der Waals surface area contributed by atoms with Crippen LogP contribution in [0.1, 0.15) is 0 Å². The van der Waals surface area contributed by atoms with Crippen LogP contribution in [0.5, 0.6) is 0 Å². The zero-order valence-electron chi connectivity index (χ0n) is 11.0. The summed E-state index contributed by atoms with van der Waals surface area (Å²) in [7, 11) is 5.35. The molecule has 0 unspecified atom stereocenters.